The van der Waals surface area contributed by atoms with E-state index in [-0.39, 0.29) is 55.3 Å². The number of aliphatic hydroxyl groups excluding tert-OH is 1. The summed E-state index contributed by atoms with van der Waals surface area (Å²) in [6, 6.07) is 0. The number of allylic oxidation sites excluding steroid dienone is 1. The SMILES string of the molecule is CCC(=O)[C@]12COCN1C(=O)/C(=C(\O)CC(C)(C)CC(=O)OCC13CC4CC(CC(C4)C1)C3)C2=O. The molecule has 0 unspecified atom stereocenters. The van der Waals surface area contributed by atoms with Gasteiger partial charge in [0.2, 0.25) is 5.78 Å². The van der Waals surface area contributed by atoms with Gasteiger partial charge in [0.05, 0.1) is 19.6 Å². The van der Waals surface area contributed by atoms with Gasteiger partial charge in [0.25, 0.3) is 5.91 Å². The number of amides is 1. The van der Waals surface area contributed by atoms with Crippen LogP contribution in [0.5, 0.6) is 0 Å². The summed E-state index contributed by atoms with van der Waals surface area (Å²) in [5.41, 5.74) is -2.63. The molecule has 0 aromatic heterocycles. The molecule has 1 amide bonds. The predicted octanol–water partition coefficient (Wildman–Crippen LogP) is 3.48. The van der Waals surface area contributed by atoms with Crippen LogP contribution in [0.15, 0.2) is 11.3 Å². The Bertz CT molecular complexity index is 960. The summed E-state index contributed by atoms with van der Waals surface area (Å²) in [7, 11) is 0. The van der Waals surface area contributed by atoms with Gasteiger partial charge in [-0.3, -0.25) is 24.1 Å². The maximum atomic E-state index is 13.2. The van der Waals surface area contributed by atoms with Crippen LogP contribution < -0.4 is 0 Å². The third kappa shape index (κ3) is 4.02. The lowest BCUT2D eigenvalue weighted by atomic mass is 9.50. The number of hydrogen-bond donors (Lipinski definition) is 1. The maximum absolute atomic E-state index is 13.2. The van der Waals surface area contributed by atoms with E-state index in [2.05, 4.69) is 0 Å². The third-order valence-corrected chi connectivity index (χ3v) is 9.10. The quantitative estimate of drug-likeness (QED) is 0.183. The average Bonchev–Trinajstić information content (AvgIpc) is 3.29. The summed E-state index contributed by atoms with van der Waals surface area (Å²) in [5, 5.41) is 10.9. The standard InChI is InChI=1S/C27H37NO7/c1-4-20(30)27-14-34-15-28(27)24(33)22(23(27)32)19(29)11-25(2,3)12-21(31)35-13-26-8-16-5-17(9-26)7-18(6-16)10-26/h16-18,29H,4-15H2,1-3H3/b22-19-/t16?,17?,18?,26?,27-/m0/s1. The van der Waals surface area contributed by atoms with E-state index < -0.39 is 28.4 Å². The molecule has 1 atom stereocenters. The highest BCUT2D eigenvalue weighted by Crippen LogP contribution is 2.60. The van der Waals surface area contributed by atoms with Crippen molar-refractivity contribution in [2.24, 2.45) is 28.6 Å². The smallest absolute Gasteiger partial charge is 0.306 e. The Morgan fingerprint density at radius 1 is 1.09 bits per heavy atom. The lowest BCUT2D eigenvalue weighted by Gasteiger charge is -2.56. The Kier molecular flexibility index (Phi) is 5.89. The molecule has 6 aliphatic rings. The summed E-state index contributed by atoms with van der Waals surface area (Å²) in [6.07, 6.45) is 7.57. The number of rotatable bonds is 8. The van der Waals surface area contributed by atoms with Crippen molar-refractivity contribution in [1.29, 1.82) is 0 Å². The van der Waals surface area contributed by atoms with E-state index in [1.807, 2.05) is 0 Å². The number of hydrogen-bond acceptors (Lipinski definition) is 7. The minimum Gasteiger partial charge on any atom is -0.511 e. The normalized spacial score (nSPS) is 37.1. The van der Waals surface area contributed by atoms with E-state index in [9.17, 15) is 24.3 Å². The Balaban J connectivity index is 1.23. The Morgan fingerprint density at radius 2 is 1.69 bits per heavy atom. The van der Waals surface area contributed by atoms with Gasteiger partial charge in [0.15, 0.2) is 11.3 Å². The molecule has 0 aromatic rings. The van der Waals surface area contributed by atoms with Gasteiger partial charge in [-0.1, -0.05) is 20.8 Å². The van der Waals surface area contributed by atoms with E-state index in [0.717, 1.165) is 41.9 Å². The van der Waals surface area contributed by atoms with Gasteiger partial charge in [-0.15, -0.1) is 0 Å². The molecule has 2 aliphatic heterocycles. The first-order valence-electron chi connectivity index (χ1n) is 13.0. The van der Waals surface area contributed by atoms with E-state index in [4.69, 9.17) is 9.47 Å². The van der Waals surface area contributed by atoms with Crippen molar-refractivity contribution in [3.8, 4) is 0 Å². The van der Waals surface area contributed by atoms with Gasteiger partial charge in [-0.25, -0.2) is 0 Å². The monoisotopic (exact) mass is 487 g/mol. The molecule has 2 saturated heterocycles. The summed E-state index contributed by atoms with van der Waals surface area (Å²) in [5.74, 6) is -0.143. The second-order valence-corrected chi connectivity index (χ2v) is 12.6. The number of ketones is 2. The number of carbonyl (C=O) groups excluding carboxylic acids is 4. The molecule has 8 heteroatoms. The maximum Gasteiger partial charge on any atom is 0.306 e. The zero-order valence-electron chi connectivity index (χ0n) is 21.1. The van der Waals surface area contributed by atoms with Crippen molar-refractivity contribution in [1.82, 2.24) is 4.90 Å². The van der Waals surface area contributed by atoms with Crippen LogP contribution in [0.1, 0.15) is 78.6 Å². The number of Topliss-reactive ketones (excluding diaryl/α,β-unsaturated/α-hetero) is 2. The zero-order chi connectivity index (χ0) is 25.2. The zero-order valence-corrected chi connectivity index (χ0v) is 21.1. The van der Waals surface area contributed by atoms with Gasteiger partial charge in [-0.2, -0.15) is 0 Å². The first-order chi connectivity index (χ1) is 16.5. The second kappa shape index (κ2) is 8.43. The lowest BCUT2D eigenvalue weighted by molar-refractivity contribution is -0.157. The molecule has 6 rings (SSSR count). The van der Waals surface area contributed by atoms with Crippen LogP contribution in [0, 0.1) is 28.6 Å². The molecule has 8 nitrogen and oxygen atoms in total. The minimum atomic E-state index is -1.67. The van der Waals surface area contributed by atoms with Crippen molar-refractivity contribution in [3.05, 3.63) is 11.3 Å². The highest BCUT2D eigenvalue weighted by atomic mass is 16.5. The Labute approximate surface area is 206 Å². The van der Waals surface area contributed by atoms with Gasteiger partial charge in [-0.05, 0) is 61.7 Å². The molecule has 4 saturated carbocycles. The van der Waals surface area contributed by atoms with Gasteiger partial charge in [0.1, 0.15) is 18.1 Å². The van der Waals surface area contributed by atoms with Gasteiger partial charge < -0.3 is 14.6 Å². The molecule has 2 heterocycles. The van der Waals surface area contributed by atoms with Crippen LogP contribution in [0.25, 0.3) is 0 Å². The molecule has 35 heavy (non-hydrogen) atoms. The van der Waals surface area contributed by atoms with E-state index in [0.29, 0.717) is 6.61 Å². The molecule has 4 bridgehead atoms. The molecule has 1 N–H and O–H groups in total. The molecule has 4 aliphatic carbocycles. The molecule has 6 fully saturated rings. The van der Waals surface area contributed by atoms with Gasteiger partial charge in [0, 0.05) is 18.3 Å². The predicted molar refractivity (Wildman–Crippen MR) is 125 cm³/mol. The first kappa shape index (κ1) is 24.5. The summed E-state index contributed by atoms with van der Waals surface area (Å²) in [6.45, 7) is 5.35. The van der Waals surface area contributed by atoms with E-state index >= 15 is 0 Å². The molecule has 0 radical (unpaired) electrons. The highest BCUT2D eigenvalue weighted by Gasteiger charge is 2.63. The number of carbonyl (C=O) groups is 4. The number of ether oxygens (including phenoxy) is 2. The van der Waals surface area contributed by atoms with Crippen LogP contribution in [-0.4, -0.2) is 58.9 Å². The number of aliphatic hydroxyl groups is 1. The van der Waals surface area contributed by atoms with E-state index in [1.54, 1.807) is 20.8 Å². The first-order valence-corrected chi connectivity index (χ1v) is 13.0. The largest absolute Gasteiger partial charge is 0.511 e. The molecule has 0 spiro atoms. The summed E-state index contributed by atoms with van der Waals surface area (Å²) < 4.78 is 11.1. The fraction of sp³-hybridized carbons (Fsp3) is 0.778. The van der Waals surface area contributed by atoms with Crippen LogP contribution in [0.4, 0.5) is 0 Å². The van der Waals surface area contributed by atoms with Crippen molar-refractivity contribution >= 4 is 23.4 Å². The van der Waals surface area contributed by atoms with Crippen molar-refractivity contribution in [2.45, 2.75) is 84.1 Å². The summed E-state index contributed by atoms with van der Waals surface area (Å²) >= 11 is 0. The number of fused-ring (bicyclic) bond motifs is 1. The van der Waals surface area contributed by atoms with Crippen molar-refractivity contribution in [3.63, 3.8) is 0 Å². The highest BCUT2D eigenvalue weighted by molar-refractivity contribution is 6.36. The second-order valence-electron chi connectivity index (χ2n) is 12.6. The molecular weight excluding hydrogens is 450 g/mol. The fourth-order valence-corrected chi connectivity index (χ4v) is 7.98. The molecular formula is C27H37NO7. The summed E-state index contributed by atoms with van der Waals surface area (Å²) in [4.78, 5) is 52.7. The lowest BCUT2D eigenvalue weighted by Crippen LogP contribution is -2.53. The number of esters is 1. The van der Waals surface area contributed by atoms with Crippen LogP contribution >= 0.6 is 0 Å². The minimum absolute atomic E-state index is 0.0443. The van der Waals surface area contributed by atoms with Crippen LogP contribution in [0.2, 0.25) is 0 Å². The van der Waals surface area contributed by atoms with Crippen LogP contribution in [-0.2, 0) is 28.7 Å². The average molecular weight is 488 g/mol. The van der Waals surface area contributed by atoms with Crippen LogP contribution in [0.3, 0.4) is 0 Å². The fourth-order valence-electron chi connectivity index (χ4n) is 7.98. The number of nitrogens with zero attached hydrogens (tertiary/aromatic N) is 1. The molecule has 192 valence electrons. The van der Waals surface area contributed by atoms with Gasteiger partial charge >= 0.3 is 5.97 Å². The Morgan fingerprint density at radius 3 is 2.26 bits per heavy atom. The Hall–Kier alpha value is -2.22. The molecule has 0 aromatic carbocycles. The third-order valence-electron chi connectivity index (χ3n) is 9.10. The van der Waals surface area contributed by atoms with Crippen molar-refractivity contribution in [2.75, 3.05) is 19.9 Å². The van der Waals surface area contributed by atoms with Crippen molar-refractivity contribution < 1.29 is 33.8 Å². The topological polar surface area (TPSA) is 110 Å². The van der Waals surface area contributed by atoms with E-state index in [1.165, 1.54) is 19.3 Å².